The minimum Gasteiger partial charge on any atom is -0.508 e. The van der Waals surface area contributed by atoms with Crippen LogP contribution in [0.25, 0.3) is 0 Å². The van der Waals surface area contributed by atoms with E-state index in [1.54, 1.807) is 0 Å². The molecule has 5 atom stereocenters. The number of carboxylic acid groups (broad SMARTS) is 1. The van der Waals surface area contributed by atoms with Gasteiger partial charge in [0.1, 0.15) is 23.9 Å². The summed E-state index contributed by atoms with van der Waals surface area (Å²) >= 11 is 0. The van der Waals surface area contributed by atoms with Gasteiger partial charge in [-0.05, 0) is 24.6 Å². The molecule has 0 radical (unpaired) electrons. The van der Waals surface area contributed by atoms with Crippen LogP contribution >= 0.6 is 0 Å². The van der Waals surface area contributed by atoms with Crippen molar-refractivity contribution in [1.29, 1.82) is 0 Å². The maximum Gasteiger partial charge on any atom is 0.326 e. The molecule has 0 saturated carbocycles. The Balaban J connectivity index is 1.75. The number of nitrogens with two attached hydrogens (primary N) is 1. The average Bonchev–Trinajstić information content (AvgIpc) is 3.61. The summed E-state index contributed by atoms with van der Waals surface area (Å²) < 4.78 is 0. The summed E-state index contributed by atoms with van der Waals surface area (Å²) in [6.45, 7) is 1.28. The highest BCUT2D eigenvalue weighted by atomic mass is 16.4. The summed E-state index contributed by atoms with van der Waals surface area (Å²) in [4.78, 5) is 64.2. The summed E-state index contributed by atoms with van der Waals surface area (Å²) in [6.07, 6.45) is 4.26. The number of aliphatic carboxylic acids is 1. The fourth-order valence-electron chi connectivity index (χ4n) is 3.82. The molecule has 0 aliphatic carbocycles. The van der Waals surface area contributed by atoms with Gasteiger partial charge >= 0.3 is 5.97 Å². The van der Waals surface area contributed by atoms with Gasteiger partial charge in [-0.25, -0.2) is 14.8 Å². The number of benzene rings is 1. The highest BCUT2D eigenvalue weighted by Crippen LogP contribution is 2.12. The van der Waals surface area contributed by atoms with Gasteiger partial charge in [-0.3, -0.25) is 14.4 Å². The number of carbonyl (C=O) groups excluding carboxylic acids is 3. The molecule has 15 heteroatoms. The predicted molar refractivity (Wildman–Crippen MR) is 139 cm³/mol. The summed E-state index contributed by atoms with van der Waals surface area (Å²) in [5.74, 6) is -3.75. The normalized spacial score (nSPS) is 14.8. The second kappa shape index (κ2) is 13.9. The highest BCUT2D eigenvalue weighted by molar-refractivity contribution is 5.94. The van der Waals surface area contributed by atoms with Crippen LogP contribution < -0.4 is 21.7 Å². The molecular weight excluding hydrogens is 524 g/mol. The first kappa shape index (κ1) is 29.8. The second-order valence-corrected chi connectivity index (χ2v) is 9.23. The molecule has 214 valence electrons. The van der Waals surface area contributed by atoms with Crippen molar-refractivity contribution in [1.82, 2.24) is 35.9 Å². The van der Waals surface area contributed by atoms with Gasteiger partial charge < -0.3 is 47.0 Å². The van der Waals surface area contributed by atoms with Gasteiger partial charge in [0.2, 0.25) is 17.7 Å². The van der Waals surface area contributed by atoms with Crippen LogP contribution in [0.1, 0.15) is 23.9 Å². The van der Waals surface area contributed by atoms with Gasteiger partial charge in [0.15, 0.2) is 0 Å². The molecule has 0 saturated heterocycles. The van der Waals surface area contributed by atoms with Crippen molar-refractivity contribution in [3.8, 4) is 5.75 Å². The van der Waals surface area contributed by atoms with E-state index >= 15 is 0 Å². The van der Waals surface area contributed by atoms with Crippen molar-refractivity contribution >= 4 is 23.7 Å². The number of aromatic amines is 2. The zero-order valence-electron chi connectivity index (χ0n) is 21.6. The van der Waals surface area contributed by atoms with Crippen molar-refractivity contribution in [3.05, 3.63) is 66.3 Å². The van der Waals surface area contributed by atoms with Crippen LogP contribution in [0, 0.1) is 0 Å². The molecule has 3 rings (SSSR count). The van der Waals surface area contributed by atoms with Gasteiger partial charge in [0.05, 0.1) is 24.8 Å². The molecule has 3 aromatic rings. The van der Waals surface area contributed by atoms with E-state index in [9.17, 15) is 34.5 Å². The third kappa shape index (κ3) is 8.64. The van der Waals surface area contributed by atoms with Crippen LogP contribution in [-0.4, -0.2) is 89.2 Å². The predicted octanol–water partition coefficient (Wildman–Crippen LogP) is -1.89. The number of imidazole rings is 2. The van der Waals surface area contributed by atoms with Crippen LogP contribution in [0.4, 0.5) is 0 Å². The molecule has 0 bridgehead atoms. The van der Waals surface area contributed by atoms with Gasteiger partial charge in [0, 0.05) is 43.0 Å². The number of aromatic nitrogens is 4. The van der Waals surface area contributed by atoms with Crippen LogP contribution in [0.5, 0.6) is 5.75 Å². The van der Waals surface area contributed by atoms with E-state index in [-0.39, 0.29) is 25.0 Å². The Morgan fingerprint density at radius 3 is 1.95 bits per heavy atom. The van der Waals surface area contributed by atoms with E-state index < -0.39 is 54.0 Å². The molecule has 0 fully saturated rings. The number of nitrogens with one attached hydrogen (secondary N) is 5. The standard InChI is InChI=1S/C25H32N8O7/c1-13(34)21(33-22(36)18(26)7-15-9-27-11-29-15)24(38)31-19(6-14-2-4-17(35)5-3-14)23(37)32-20(25(39)40)8-16-10-28-12-30-16/h2-5,9-13,18-21,34-35H,6-8,26H2,1H3,(H,27,29)(H,28,30)(H,31,38)(H,32,37)(H,33,36)(H,39,40). The first-order valence-corrected chi connectivity index (χ1v) is 12.3. The molecule has 0 aliphatic heterocycles. The van der Waals surface area contributed by atoms with Crippen molar-refractivity contribution < 1.29 is 34.5 Å². The number of phenolic OH excluding ortho intramolecular Hbond substituents is 1. The highest BCUT2D eigenvalue weighted by Gasteiger charge is 2.33. The van der Waals surface area contributed by atoms with E-state index in [1.807, 2.05) is 0 Å². The Bertz CT molecular complexity index is 1260. The molecule has 40 heavy (non-hydrogen) atoms. The Morgan fingerprint density at radius 1 is 0.850 bits per heavy atom. The third-order valence-electron chi connectivity index (χ3n) is 6.00. The van der Waals surface area contributed by atoms with E-state index in [1.165, 1.54) is 56.2 Å². The summed E-state index contributed by atoms with van der Waals surface area (Å²) in [7, 11) is 0. The second-order valence-electron chi connectivity index (χ2n) is 9.23. The quantitative estimate of drug-likeness (QED) is 0.107. The number of aliphatic hydroxyl groups is 1. The number of aromatic hydroxyl groups is 1. The van der Waals surface area contributed by atoms with E-state index in [2.05, 4.69) is 35.9 Å². The van der Waals surface area contributed by atoms with Gasteiger partial charge in [-0.1, -0.05) is 12.1 Å². The summed E-state index contributed by atoms with van der Waals surface area (Å²) in [5.41, 5.74) is 7.54. The number of nitrogens with zero attached hydrogens (tertiary/aromatic N) is 2. The first-order valence-electron chi connectivity index (χ1n) is 12.3. The molecule has 15 nitrogen and oxygen atoms in total. The maximum absolute atomic E-state index is 13.3. The number of carbonyl (C=O) groups is 4. The molecule has 2 heterocycles. The third-order valence-corrected chi connectivity index (χ3v) is 6.00. The van der Waals surface area contributed by atoms with Crippen LogP contribution in [0.15, 0.2) is 49.3 Å². The van der Waals surface area contributed by atoms with Crippen LogP contribution in [0.3, 0.4) is 0 Å². The molecular formula is C25H32N8O7. The molecule has 10 N–H and O–H groups in total. The fraction of sp³-hybridized carbons (Fsp3) is 0.360. The minimum atomic E-state index is -1.48. The minimum absolute atomic E-state index is 0.0114. The first-order chi connectivity index (χ1) is 19.0. The monoisotopic (exact) mass is 556 g/mol. The van der Waals surface area contributed by atoms with Crippen LogP contribution in [0.2, 0.25) is 0 Å². The molecule has 2 aromatic heterocycles. The Labute approximate surface area is 228 Å². The Hall–Kier alpha value is -4.76. The number of carboxylic acids is 1. The van der Waals surface area contributed by atoms with Gasteiger partial charge in [0.25, 0.3) is 0 Å². The Kier molecular flexibility index (Phi) is 10.3. The SMILES string of the molecule is CC(O)C(NC(=O)C(N)Cc1cnc[nH]1)C(=O)NC(Cc1ccc(O)cc1)C(=O)NC(Cc1cnc[nH]1)C(=O)O. The summed E-state index contributed by atoms with van der Waals surface area (Å²) in [6, 6.07) is 0.652. The van der Waals surface area contributed by atoms with Crippen molar-refractivity contribution in [3.63, 3.8) is 0 Å². The van der Waals surface area contributed by atoms with Crippen LogP contribution in [-0.2, 0) is 38.4 Å². The lowest BCUT2D eigenvalue weighted by Gasteiger charge is -2.26. The zero-order chi connectivity index (χ0) is 29.2. The number of amides is 3. The number of hydrogen-bond acceptors (Lipinski definition) is 9. The number of H-pyrrole nitrogens is 2. The molecule has 1 aromatic carbocycles. The number of aliphatic hydroxyl groups excluding tert-OH is 1. The maximum atomic E-state index is 13.3. The van der Waals surface area contributed by atoms with Crippen molar-refractivity contribution in [2.24, 2.45) is 5.73 Å². The lowest BCUT2D eigenvalue weighted by atomic mass is 10.0. The van der Waals surface area contributed by atoms with Crippen molar-refractivity contribution in [2.45, 2.75) is 56.5 Å². The number of rotatable bonds is 14. The molecule has 0 aliphatic rings. The number of hydrogen-bond donors (Lipinski definition) is 9. The topological polar surface area (TPSA) is 248 Å². The van der Waals surface area contributed by atoms with E-state index in [0.29, 0.717) is 17.0 Å². The van der Waals surface area contributed by atoms with Gasteiger partial charge in [-0.2, -0.15) is 0 Å². The molecule has 5 unspecified atom stereocenters. The average molecular weight is 557 g/mol. The molecule has 0 spiro atoms. The van der Waals surface area contributed by atoms with E-state index in [0.717, 1.165) is 0 Å². The fourth-order valence-corrected chi connectivity index (χ4v) is 3.82. The Morgan fingerprint density at radius 2 is 1.43 bits per heavy atom. The lowest BCUT2D eigenvalue weighted by Crippen LogP contribution is -2.60. The summed E-state index contributed by atoms with van der Waals surface area (Å²) in [5, 5.41) is 36.8. The molecule has 3 amide bonds. The van der Waals surface area contributed by atoms with E-state index in [4.69, 9.17) is 5.73 Å². The van der Waals surface area contributed by atoms with Gasteiger partial charge in [-0.15, -0.1) is 0 Å². The largest absolute Gasteiger partial charge is 0.508 e. The lowest BCUT2D eigenvalue weighted by molar-refractivity contribution is -0.142. The smallest absolute Gasteiger partial charge is 0.326 e. The van der Waals surface area contributed by atoms with Crippen molar-refractivity contribution in [2.75, 3.05) is 0 Å². The number of phenols is 1. The zero-order valence-corrected chi connectivity index (χ0v) is 21.6.